The van der Waals surface area contributed by atoms with Crippen molar-refractivity contribution in [2.75, 3.05) is 11.9 Å². The maximum atomic E-state index is 11.2. The van der Waals surface area contributed by atoms with Crippen molar-refractivity contribution >= 4 is 37.8 Å². The Labute approximate surface area is 109 Å². The van der Waals surface area contributed by atoms with Gasteiger partial charge in [0.25, 0.3) is 0 Å². The summed E-state index contributed by atoms with van der Waals surface area (Å²) in [6, 6.07) is 0. The molecule has 0 aromatic heterocycles. The zero-order valence-corrected chi connectivity index (χ0v) is 12.5. The van der Waals surface area contributed by atoms with Crippen LogP contribution in [0.3, 0.4) is 0 Å². The molecule has 90 valence electrons. The fraction of sp³-hybridized carbons (Fsp3) is 0.909. The summed E-state index contributed by atoms with van der Waals surface area (Å²) in [4.78, 5) is 11.0. The van der Waals surface area contributed by atoms with Crippen LogP contribution in [0.25, 0.3) is 0 Å². The molecule has 0 saturated heterocycles. The largest absolute Gasteiger partial charge is 0.465 e. The van der Waals surface area contributed by atoms with Crippen LogP contribution in [0.4, 0.5) is 0 Å². The molecule has 0 aromatic rings. The SMILES string of the molecule is CCCCCCCCOC(=O)C(Br)CBr. The van der Waals surface area contributed by atoms with Gasteiger partial charge in [0.2, 0.25) is 0 Å². The predicted molar refractivity (Wildman–Crippen MR) is 70.8 cm³/mol. The first kappa shape index (κ1) is 15.4. The van der Waals surface area contributed by atoms with Gasteiger partial charge in [0.05, 0.1) is 6.61 Å². The molecule has 0 heterocycles. The zero-order valence-electron chi connectivity index (χ0n) is 9.31. The maximum Gasteiger partial charge on any atom is 0.320 e. The normalized spacial score (nSPS) is 12.5. The van der Waals surface area contributed by atoms with E-state index in [0.717, 1.165) is 12.8 Å². The fourth-order valence-corrected chi connectivity index (χ4v) is 1.61. The Hall–Kier alpha value is 0.430. The Kier molecular flexibility index (Phi) is 11.2. The van der Waals surface area contributed by atoms with Gasteiger partial charge in [0.1, 0.15) is 4.83 Å². The van der Waals surface area contributed by atoms with Gasteiger partial charge in [0.15, 0.2) is 0 Å². The Morgan fingerprint density at radius 1 is 1.20 bits per heavy atom. The lowest BCUT2D eigenvalue weighted by Gasteiger charge is -2.07. The molecule has 1 unspecified atom stereocenters. The first-order chi connectivity index (χ1) is 7.22. The molecule has 2 nitrogen and oxygen atoms in total. The molecular weight excluding hydrogens is 324 g/mol. The van der Waals surface area contributed by atoms with E-state index in [2.05, 4.69) is 38.8 Å². The number of rotatable bonds is 9. The molecule has 0 N–H and O–H groups in total. The van der Waals surface area contributed by atoms with Crippen molar-refractivity contribution in [2.45, 2.75) is 50.3 Å². The molecular formula is C11H20Br2O2. The predicted octanol–water partition coefficient (Wildman–Crippen LogP) is 4.05. The number of esters is 1. The molecule has 0 rings (SSSR count). The number of hydrogen-bond donors (Lipinski definition) is 0. The van der Waals surface area contributed by atoms with Crippen molar-refractivity contribution in [3.8, 4) is 0 Å². The van der Waals surface area contributed by atoms with Gasteiger partial charge in [-0.1, -0.05) is 70.9 Å². The molecule has 4 heteroatoms. The summed E-state index contributed by atoms with van der Waals surface area (Å²) in [5.41, 5.74) is 0. The number of ether oxygens (including phenoxy) is 1. The van der Waals surface area contributed by atoms with Crippen LogP contribution in [0.1, 0.15) is 45.4 Å². The van der Waals surface area contributed by atoms with Crippen LogP contribution in [0.2, 0.25) is 0 Å². The minimum absolute atomic E-state index is 0.166. The monoisotopic (exact) mass is 342 g/mol. The zero-order chi connectivity index (χ0) is 11.5. The maximum absolute atomic E-state index is 11.2. The second-order valence-electron chi connectivity index (χ2n) is 3.56. The molecule has 15 heavy (non-hydrogen) atoms. The Bertz CT molecular complexity index is 163. The molecule has 0 amide bonds. The third-order valence-corrected chi connectivity index (χ3v) is 4.35. The molecule has 0 bridgehead atoms. The van der Waals surface area contributed by atoms with E-state index in [4.69, 9.17) is 4.74 Å². The lowest BCUT2D eigenvalue weighted by atomic mass is 10.1. The average molecular weight is 344 g/mol. The minimum atomic E-state index is -0.211. The van der Waals surface area contributed by atoms with Gasteiger partial charge in [-0.3, -0.25) is 4.79 Å². The standard InChI is InChI=1S/C11H20Br2O2/c1-2-3-4-5-6-7-8-15-11(14)10(13)9-12/h10H,2-9H2,1H3. The fourth-order valence-electron chi connectivity index (χ4n) is 1.21. The van der Waals surface area contributed by atoms with Crippen molar-refractivity contribution < 1.29 is 9.53 Å². The van der Waals surface area contributed by atoms with Crippen LogP contribution in [-0.2, 0) is 9.53 Å². The highest BCUT2D eigenvalue weighted by Gasteiger charge is 2.13. The molecule has 0 aliphatic rings. The summed E-state index contributed by atoms with van der Waals surface area (Å²) >= 11 is 6.44. The molecule has 0 aliphatic carbocycles. The van der Waals surface area contributed by atoms with Gasteiger partial charge >= 0.3 is 5.97 Å². The van der Waals surface area contributed by atoms with Crippen molar-refractivity contribution in [3.63, 3.8) is 0 Å². The van der Waals surface area contributed by atoms with Gasteiger partial charge in [-0.15, -0.1) is 0 Å². The minimum Gasteiger partial charge on any atom is -0.465 e. The number of carbonyl (C=O) groups excluding carboxylic acids is 1. The number of halogens is 2. The van der Waals surface area contributed by atoms with Gasteiger partial charge < -0.3 is 4.74 Å². The molecule has 1 atom stereocenters. The first-order valence-electron chi connectivity index (χ1n) is 5.59. The highest BCUT2D eigenvalue weighted by molar-refractivity contribution is 9.12. The van der Waals surface area contributed by atoms with E-state index < -0.39 is 0 Å². The lowest BCUT2D eigenvalue weighted by Crippen LogP contribution is -2.19. The van der Waals surface area contributed by atoms with E-state index >= 15 is 0 Å². The highest BCUT2D eigenvalue weighted by Crippen LogP contribution is 2.08. The van der Waals surface area contributed by atoms with Crippen molar-refractivity contribution in [1.29, 1.82) is 0 Å². The van der Waals surface area contributed by atoms with Crippen LogP contribution in [0, 0.1) is 0 Å². The molecule has 0 aliphatic heterocycles. The highest BCUT2D eigenvalue weighted by atomic mass is 79.9. The van der Waals surface area contributed by atoms with Crippen LogP contribution < -0.4 is 0 Å². The first-order valence-corrected chi connectivity index (χ1v) is 7.62. The topological polar surface area (TPSA) is 26.3 Å². The van der Waals surface area contributed by atoms with Gasteiger partial charge in [-0.2, -0.15) is 0 Å². The molecule has 0 saturated carbocycles. The van der Waals surface area contributed by atoms with Gasteiger partial charge in [-0.25, -0.2) is 0 Å². The van der Waals surface area contributed by atoms with Crippen LogP contribution >= 0.6 is 31.9 Å². The van der Waals surface area contributed by atoms with E-state index in [0.29, 0.717) is 11.9 Å². The van der Waals surface area contributed by atoms with Crippen molar-refractivity contribution in [1.82, 2.24) is 0 Å². The third kappa shape index (κ3) is 9.36. The molecule has 0 radical (unpaired) electrons. The smallest absolute Gasteiger partial charge is 0.320 e. The van der Waals surface area contributed by atoms with Crippen molar-refractivity contribution in [2.24, 2.45) is 0 Å². The number of alkyl halides is 2. The van der Waals surface area contributed by atoms with E-state index in [-0.39, 0.29) is 10.8 Å². The summed E-state index contributed by atoms with van der Waals surface area (Å²) < 4.78 is 5.09. The van der Waals surface area contributed by atoms with E-state index in [9.17, 15) is 4.79 Å². The summed E-state index contributed by atoms with van der Waals surface area (Å²) in [6.07, 6.45) is 7.28. The van der Waals surface area contributed by atoms with E-state index in [1.807, 2.05) is 0 Å². The number of carbonyl (C=O) groups is 1. The van der Waals surface area contributed by atoms with Crippen molar-refractivity contribution in [3.05, 3.63) is 0 Å². The van der Waals surface area contributed by atoms with Gasteiger partial charge in [0, 0.05) is 5.33 Å². The van der Waals surface area contributed by atoms with Crippen LogP contribution in [-0.4, -0.2) is 22.7 Å². The second kappa shape index (κ2) is 10.9. The molecule has 0 spiro atoms. The molecule has 0 fully saturated rings. The number of hydrogen-bond acceptors (Lipinski definition) is 2. The third-order valence-electron chi connectivity index (χ3n) is 2.13. The van der Waals surface area contributed by atoms with Crippen LogP contribution in [0.5, 0.6) is 0 Å². The van der Waals surface area contributed by atoms with Gasteiger partial charge in [-0.05, 0) is 6.42 Å². The summed E-state index contributed by atoms with van der Waals surface area (Å²) in [5.74, 6) is -0.166. The van der Waals surface area contributed by atoms with Crippen LogP contribution in [0.15, 0.2) is 0 Å². The Morgan fingerprint density at radius 3 is 2.40 bits per heavy atom. The summed E-state index contributed by atoms with van der Waals surface area (Å²) in [6.45, 7) is 2.76. The second-order valence-corrected chi connectivity index (χ2v) is 5.31. The number of unbranched alkanes of at least 4 members (excludes halogenated alkanes) is 5. The van der Waals surface area contributed by atoms with E-state index in [1.54, 1.807) is 0 Å². The molecule has 0 aromatic carbocycles. The average Bonchev–Trinajstić information content (AvgIpc) is 2.26. The Morgan fingerprint density at radius 2 is 1.80 bits per heavy atom. The summed E-state index contributed by atoms with van der Waals surface area (Å²) in [5, 5.41) is 0.600. The summed E-state index contributed by atoms with van der Waals surface area (Å²) in [7, 11) is 0. The van der Waals surface area contributed by atoms with E-state index in [1.165, 1.54) is 25.7 Å². The quantitative estimate of drug-likeness (QED) is 0.358. The lowest BCUT2D eigenvalue weighted by molar-refractivity contribution is -0.142. The Balaban J connectivity index is 3.20.